The maximum atomic E-state index is 16.1. The molecule has 0 atom stereocenters. The van der Waals surface area contributed by atoms with Crippen molar-refractivity contribution in [2.45, 2.75) is 32.1 Å². The van der Waals surface area contributed by atoms with Crippen molar-refractivity contribution < 1.29 is 28.2 Å². The largest absolute Gasteiger partial charge is 0.493 e. The first kappa shape index (κ1) is 30.0. The number of aromatic nitrogens is 2. The van der Waals surface area contributed by atoms with Gasteiger partial charge in [0.05, 0.1) is 17.2 Å². The number of ether oxygens (including phenoxy) is 1. The van der Waals surface area contributed by atoms with E-state index in [1.165, 1.54) is 24.5 Å². The van der Waals surface area contributed by atoms with E-state index >= 15 is 8.78 Å². The number of benzene rings is 2. The molecule has 1 aliphatic heterocycles. The highest BCUT2D eigenvalue weighted by Gasteiger charge is 2.26. The second-order valence-electron chi connectivity index (χ2n) is 9.62. The van der Waals surface area contributed by atoms with Crippen LogP contribution in [-0.2, 0) is 4.79 Å². The lowest BCUT2D eigenvalue weighted by Crippen LogP contribution is -2.48. The molecule has 1 saturated heterocycles. The van der Waals surface area contributed by atoms with Crippen LogP contribution in [-0.4, -0.2) is 71.3 Å². The summed E-state index contributed by atoms with van der Waals surface area (Å²) in [5.74, 6) is -0.943. The number of nitrogens with zero attached hydrogens (tertiary/aromatic N) is 4. The zero-order valence-electron chi connectivity index (χ0n) is 22.5. The summed E-state index contributed by atoms with van der Waals surface area (Å²) >= 11 is 6.60. The molecule has 1 fully saturated rings. The third kappa shape index (κ3) is 7.21. The Labute approximate surface area is 241 Å². The van der Waals surface area contributed by atoms with Crippen molar-refractivity contribution in [1.29, 1.82) is 0 Å². The Kier molecular flexibility index (Phi) is 10.3. The molecular weight excluding hydrogens is 556 g/mol. The molecule has 9 nitrogen and oxygen atoms in total. The summed E-state index contributed by atoms with van der Waals surface area (Å²) in [5.41, 5.74) is -0.205. The fraction of sp³-hybridized carbons (Fsp3) is 0.379. The van der Waals surface area contributed by atoms with Crippen molar-refractivity contribution >= 4 is 40.3 Å². The van der Waals surface area contributed by atoms with E-state index in [0.717, 1.165) is 25.7 Å². The summed E-state index contributed by atoms with van der Waals surface area (Å²) in [5, 5.41) is 11.3. The molecule has 0 unspecified atom stereocenters. The van der Waals surface area contributed by atoms with Gasteiger partial charge in [0.25, 0.3) is 0 Å². The standard InChI is InChI=1S/C29H32ClF2N5O4/c1-2-23(38)36-12-14-37(15-13-36)28-19-17-20(30)24(26(32)27(19)34-18-35-28)25-21(31)9-8-10-22(25)41-16-7-5-3-4-6-11-33-29(39)40/h2,8-10,17-18,33H,1,3-7,11-16H2,(H,39,40). The summed E-state index contributed by atoms with van der Waals surface area (Å²) in [6, 6.07) is 5.84. The zero-order chi connectivity index (χ0) is 29.4. The van der Waals surface area contributed by atoms with Crippen molar-refractivity contribution in [1.82, 2.24) is 20.2 Å². The van der Waals surface area contributed by atoms with Gasteiger partial charge in [-0.2, -0.15) is 0 Å². The third-order valence-electron chi connectivity index (χ3n) is 6.95. The predicted molar refractivity (Wildman–Crippen MR) is 153 cm³/mol. The van der Waals surface area contributed by atoms with Gasteiger partial charge in [-0.25, -0.2) is 23.5 Å². The molecule has 0 radical (unpaired) electrons. The lowest BCUT2D eigenvalue weighted by atomic mass is 10.0. The summed E-state index contributed by atoms with van der Waals surface area (Å²) in [4.78, 5) is 34.6. The average Bonchev–Trinajstić information content (AvgIpc) is 2.96. The van der Waals surface area contributed by atoms with E-state index in [1.807, 2.05) is 4.90 Å². The van der Waals surface area contributed by atoms with Gasteiger partial charge in [-0.3, -0.25) is 4.79 Å². The number of carboxylic acid groups (broad SMARTS) is 1. The number of piperazine rings is 1. The zero-order valence-corrected chi connectivity index (χ0v) is 23.3. The van der Waals surface area contributed by atoms with Crippen molar-refractivity contribution in [2.75, 3.05) is 44.2 Å². The molecule has 0 aliphatic carbocycles. The van der Waals surface area contributed by atoms with Crippen LogP contribution < -0.4 is 15.0 Å². The predicted octanol–water partition coefficient (Wildman–Crippen LogP) is 5.66. The van der Waals surface area contributed by atoms with Crippen molar-refractivity contribution in [3.63, 3.8) is 0 Å². The van der Waals surface area contributed by atoms with Crippen LogP contribution in [0.3, 0.4) is 0 Å². The van der Waals surface area contributed by atoms with Crippen LogP contribution in [0.15, 0.2) is 43.2 Å². The molecular formula is C29H32ClF2N5O4. The van der Waals surface area contributed by atoms with E-state index in [2.05, 4.69) is 21.9 Å². The molecule has 2 amide bonds. The minimum Gasteiger partial charge on any atom is -0.493 e. The Morgan fingerprint density at radius 3 is 2.54 bits per heavy atom. The highest BCUT2D eigenvalue weighted by Crippen LogP contribution is 2.42. The van der Waals surface area contributed by atoms with Gasteiger partial charge >= 0.3 is 6.09 Å². The average molecular weight is 588 g/mol. The molecule has 0 saturated carbocycles. The van der Waals surface area contributed by atoms with Gasteiger partial charge in [0.1, 0.15) is 29.2 Å². The molecule has 2 aromatic carbocycles. The summed E-state index contributed by atoms with van der Waals surface area (Å²) < 4.78 is 37.1. The Hall–Kier alpha value is -3.99. The highest BCUT2D eigenvalue weighted by molar-refractivity contribution is 6.34. The van der Waals surface area contributed by atoms with Gasteiger partial charge in [-0.15, -0.1) is 0 Å². The number of hydrogen-bond donors (Lipinski definition) is 2. The third-order valence-corrected chi connectivity index (χ3v) is 7.24. The summed E-state index contributed by atoms with van der Waals surface area (Å²) in [6.45, 7) is 6.12. The van der Waals surface area contributed by atoms with Crippen LogP contribution in [0.2, 0.25) is 5.02 Å². The molecule has 2 N–H and O–H groups in total. The number of anilines is 1. The molecule has 2 heterocycles. The van der Waals surface area contributed by atoms with Crippen LogP contribution in [0.5, 0.6) is 5.75 Å². The molecule has 1 aliphatic rings. The fourth-order valence-electron chi connectivity index (χ4n) is 4.87. The summed E-state index contributed by atoms with van der Waals surface area (Å²) in [7, 11) is 0. The molecule has 4 rings (SSSR count). The van der Waals surface area contributed by atoms with E-state index in [9.17, 15) is 9.59 Å². The van der Waals surface area contributed by atoms with Gasteiger partial charge in [-0.05, 0) is 37.1 Å². The maximum Gasteiger partial charge on any atom is 0.404 e. The number of rotatable bonds is 12. The number of unbranched alkanes of at least 4 members (excludes halogenated alkanes) is 4. The summed E-state index contributed by atoms with van der Waals surface area (Å²) in [6.07, 6.45) is 5.56. The second-order valence-corrected chi connectivity index (χ2v) is 10.0. The van der Waals surface area contributed by atoms with Crippen LogP contribution >= 0.6 is 11.6 Å². The van der Waals surface area contributed by atoms with Crippen LogP contribution in [0.1, 0.15) is 32.1 Å². The van der Waals surface area contributed by atoms with E-state index in [4.69, 9.17) is 21.4 Å². The normalized spacial score (nSPS) is 13.3. The van der Waals surface area contributed by atoms with E-state index < -0.39 is 17.7 Å². The quantitative estimate of drug-likeness (QED) is 0.208. The van der Waals surface area contributed by atoms with Crippen LogP contribution in [0, 0.1) is 11.6 Å². The first-order valence-electron chi connectivity index (χ1n) is 13.5. The lowest BCUT2D eigenvalue weighted by Gasteiger charge is -2.35. The van der Waals surface area contributed by atoms with Crippen molar-refractivity contribution in [2.24, 2.45) is 0 Å². The van der Waals surface area contributed by atoms with E-state index in [1.54, 1.807) is 17.0 Å². The number of carbonyl (C=O) groups excluding carboxylic acids is 1. The minimum absolute atomic E-state index is 0.00329. The van der Waals surface area contributed by atoms with Gasteiger partial charge in [0, 0.05) is 43.7 Å². The minimum atomic E-state index is -1.03. The Bertz CT molecular complexity index is 1420. The SMILES string of the molecule is C=CC(=O)N1CCN(c2ncnc3c(F)c(-c4c(F)cccc4OCCCCCCCNC(=O)O)c(Cl)cc23)CC1. The number of carbonyl (C=O) groups is 2. The van der Waals surface area contributed by atoms with Crippen molar-refractivity contribution in [3.05, 3.63) is 59.9 Å². The smallest absolute Gasteiger partial charge is 0.404 e. The topological polar surface area (TPSA) is 108 Å². The number of hydrogen-bond acceptors (Lipinski definition) is 6. The molecule has 0 spiro atoms. The Morgan fingerprint density at radius 1 is 1.07 bits per heavy atom. The van der Waals surface area contributed by atoms with Crippen molar-refractivity contribution in [3.8, 4) is 16.9 Å². The molecule has 0 bridgehead atoms. The van der Waals surface area contributed by atoms with Crippen LogP contribution in [0.4, 0.5) is 19.4 Å². The second kappa shape index (κ2) is 14.1. The van der Waals surface area contributed by atoms with Gasteiger partial charge in [0.2, 0.25) is 5.91 Å². The number of halogens is 3. The number of fused-ring (bicyclic) bond motifs is 1. The number of nitrogens with one attached hydrogen (secondary N) is 1. The number of amides is 2. The highest BCUT2D eigenvalue weighted by atomic mass is 35.5. The fourth-order valence-corrected chi connectivity index (χ4v) is 5.15. The lowest BCUT2D eigenvalue weighted by molar-refractivity contribution is -0.126. The first-order chi connectivity index (χ1) is 19.8. The maximum absolute atomic E-state index is 16.1. The molecule has 218 valence electrons. The van der Waals surface area contributed by atoms with Gasteiger partial charge in [0.15, 0.2) is 5.82 Å². The molecule has 41 heavy (non-hydrogen) atoms. The Morgan fingerprint density at radius 2 is 1.80 bits per heavy atom. The first-order valence-corrected chi connectivity index (χ1v) is 13.9. The molecule has 3 aromatic rings. The van der Waals surface area contributed by atoms with Gasteiger partial charge in [-0.1, -0.05) is 43.5 Å². The van der Waals surface area contributed by atoms with Crippen LogP contribution in [0.25, 0.3) is 22.0 Å². The Balaban J connectivity index is 1.50. The van der Waals surface area contributed by atoms with E-state index in [0.29, 0.717) is 57.0 Å². The monoisotopic (exact) mass is 587 g/mol. The van der Waals surface area contributed by atoms with E-state index in [-0.39, 0.29) is 33.3 Å². The molecule has 12 heteroatoms. The molecule has 1 aromatic heterocycles. The van der Waals surface area contributed by atoms with Gasteiger partial charge < -0.3 is 25.0 Å².